The molecule has 0 rings (SSSR count). The second-order valence-electron chi connectivity index (χ2n) is 4.97. The van der Waals surface area contributed by atoms with E-state index in [9.17, 15) is 0 Å². The molecule has 0 bridgehead atoms. The van der Waals surface area contributed by atoms with Crippen molar-refractivity contribution in [3.05, 3.63) is 0 Å². The Bertz CT molecular complexity index is 198. The van der Waals surface area contributed by atoms with E-state index in [0.29, 0.717) is 6.04 Å². The molecule has 17 heavy (non-hydrogen) atoms. The summed E-state index contributed by atoms with van der Waals surface area (Å²) in [6, 6.07) is 0.455. The van der Waals surface area contributed by atoms with E-state index in [1.165, 1.54) is 19.3 Å². The minimum atomic E-state index is 0.455. The van der Waals surface area contributed by atoms with Gasteiger partial charge in [-0.15, -0.1) is 0 Å². The Hall–Kier alpha value is -0.350. The molecule has 0 aliphatic rings. The first-order valence-corrected chi connectivity index (χ1v) is 7.00. The summed E-state index contributed by atoms with van der Waals surface area (Å²) in [4.78, 5) is 0. The Morgan fingerprint density at radius 3 is 2.47 bits per heavy atom. The summed E-state index contributed by atoms with van der Waals surface area (Å²) in [6.45, 7) is 8.36. The van der Waals surface area contributed by atoms with E-state index < -0.39 is 0 Å². The first-order chi connectivity index (χ1) is 8.06. The van der Waals surface area contributed by atoms with Crippen molar-refractivity contribution >= 4 is 17.3 Å². The number of rotatable bonds is 9. The molecule has 4 heteroatoms. The van der Waals surface area contributed by atoms with Crippen LogP contribution in [0.1, 0.15) is 46.5 Å². The Morgan fingerprint density at radius 2 is 1.88 bits per heavy atom. The lowest BCUT2D eigenvalue weighted by molar-refractivity contribution is 0.195. The summed E-state index contributed by atoms with van der Waals surface area (Å²) in [5.74, 6) is 0.793. The van der Waals surface area contributed by atoms with Crippen LogP contribution in [-0.2, 0) is 4.74 Å². The quantitative estimate of drug-likeness (QED) is 0.493. The van der Waals surface area contributed by atoms with E-state index in [2.05, 4.69) is 31.4 Å². The third-order valence-electron chi connectivity index (χ3n) is 2.61. The molecular formula is C13H28N2OS. The molecule has 0 aliphatic carbocycles. The van der Waals surface area contributed by atoms with Gasteiger partial charge in [0.25, 0.3) is 0 Å². The van der Waals surface area contributed by atoms with Crippen molar-refractivity contribution in [2.45, 2.75) is 52.5 Å². The van der Waals surface area contributed by atoms with Crippen molar-refractivity contribution < 1.29 is 4.74 Å². The zero-order valence-electron chi connectivity index (χ0n) is 11.7. The Labute approximate surface area is 112 Å². The SMILES string of the molecule is COCCCNC(=S)NC(C)CCCC(C)C. The highest BCUT2D eigenvalue weighted by Crippen LogP contribution is 2.07. The van der Waals surface area contributed by atoms with Crippen molar-refractivity contribution in [2.75, 3.05) is 20.3 Å². The first-order valence-electron chi connectivity index (χ1n) is 6.59. The maximum absolute atomic E-state index is 5.22. The molecule has 0 heterocycles. The van der Waals surface area contributed by atoms with Crippen LogP contribution in [0.3, 0.4) is 0 Å². The van der Waals surface area contributed by atoms with Crippen molar-refractivity contribution in [1.29, 1.82) is 0 Å². The summed E-state index contributed by atoms with van der Waals surface area (Å²) in [5.41, 5.74) is 0. The highest BCUT2D eigenvalue weighted by Gasteiger charge is 2.04. The summed E-state index contributed by atoms with van der Waals surface area (Å²) in [6.07, 6.45) is 4.72. The molecule has 0 saturated carbocycles. The molecule has 102 valence electrons. The molecule has 2 N–H and O–H groups in total. The lowest BCUT2D eigenvalue weighted by atomic mass is 10.0. The van der Waals surface area contributed by atoms with Crippen molar-refractivity contribution in [2.24, 2.45) is 5.92 Å². The minimum absolute atomic E-state index is 0.455. The molecule has 0 fully saturated rings. The number of methoxy groups -OCH3 is 1. The van der Waals surface area contributed by atoms with Crippen LogP contribution in [0.15, 0.2) is 0 Å². The van der Waals surface area contributed by atoms with Gasteiger partial charge in [-0.1, -0.05) is 26.7 Å². The maximum Gasteiger partial charge on any atom is 0.166 e. The first kappa shape index (κ1) is 16.6. The predicted octanol–water partition coefficient (Wildman–Crippen LogP) is 2.70. The van der Waals surface area contributed by atoms with Crippen LogP contribution in [0, 0.1) is 5.92 Å². The Kier molecular flexibility index (Phi) is 10.6. The van der Waals surface area contributed by atoms with Crippen LogP contribution >= 0.6 is 12.2 Å². The molecule has 0 aromatic heterocycles. The van der Waals surface area contributed by atoms with Gasteiger partial charge < -0.3 is 15.4 Å². The van der Waals surface area contributed by atoms with Gasteiger partial charge in [-0.3, -0.25) is 0 Å². The summed E-state index contributed by atoms with van der Waals surface area (Å²) >= 11 is 5.22. The van der Waals surface area contributed by atoms with Gasteiger partial charge in [0, 0.05) is 26.3 Å². The molecule has 0 saturated heterocycles. The lowest BCUT2D eigenvalue weighted by Gasteiger charge is -2.17. The van der Waals surface area contributed by atoms with Gasteiger partial charge in [0.1, 0.15) is 0 Å². The van der Waals surface area contributed by atoms with E-state index in [-0.39, 0.29) is 0 Å². The van der Waals surface area contributed by atoms with Gasteiger partial charge in [0.2, 0.25) is 0 Å². The molecule has 0 spiro atoms. The van der Waals surface area contributed by atoms with Crippen LogP contribution in [-0.4, -0.2) is 31.4 Å². The van der Waals surface area contributed by atoms with Gasteiger partial charge in [-0.2, -0.15) is 0 Å². The summed E-state index contributed by atoms with van der Waals surface area (Å²) in [5, 5.41) is 7.26. The monoisotopic (exact) mass is 260 g/mol. The molecule has 0 aliphatic heterocycles. The van der Waals surface area contributed by atoms with E-state index >= 15 is 0 Å². The topological polar surface area (TPSA) is 33.3 Å². The average molecular weight is 260 g/mol. The normalized spacial score (nSPS) is 12.5. The fourth-order valence-electron chi connectivity index (χ4n) is 1.60. The summed E-state index contributed by atoms with van der Waals surface area (Å²) < 4.78 is 4.98. The van der Waals surface area contributed by atoms with Gasteiger partial charge in [-0.25, -0.2) is 0 Å². The number of hydrogen-bond donors (Lipinski definition) is 2. The van der Waals surface area contributed by atoms with Crippen LogP contribution < -0.4 is 10.6 Å². The van der Waals surface area contributed by atoms with Gasteiger partial charge >= 0.3 is 0 Å². The van der Waals surface area contributed by atoms with Gasteiger partial charge in [-0.05, 0) is 37.9 Å². The second-order valence-corrected chi connectivity index (χ2v) is 5.38. The molecule has 3 nitrogen and oxygen atoms in total. The molecule has 0 aromatic rings. The Balaban J connectivity index is 3.45. The lowest BCUT2D eigenvalue weighted by Crippen LogP contribution is -2.41. The average Bonchev–Trinajstić information content (AvgIpc) is 2.23. The molecule has 0 aromatic carbocycles. The molecule has 1 atom stereocenters. The van der Waals surface area contributed by atoms with Crippen molar-refractivity contribution in [3.63, 3.8) is 0 Å². The zero-order valence-corrected chi connectivity index (χ0v) is 12.5. The Morgan fingerprint density at radius 1 is 1.18 bits per heavy atom. The smallest absolute Gasteiger partial charge is 0.166 e. The number of thiocarbonyl (C=S) groups is 1. The van der Waals surface area contributed by atoms with Gasteiger partial charge in [0.15, 0.2) is 5.11 Å². The van der Waals surface area contributed by atoms with Gasteiger partial charge in [0.05, 0.1) is 0 Å². The number of nitrogens with one attached hydrogen (secondary N) is 2. The molecule has 1 unspecified atom stereocenters. The van der Waals surface area contributed by atoms with E-state index in [4.69, 9.17) is 17.0 Å². The standard InChI is InChI=1S/C13H28N2OS/c1-11(2)7-5-8-12(3)15-13(17)14-9-6-10-16-4/h11-12H,5-10H2,1-4H3,(H2,14,15,17). The fourth-order valence-corrected chi connectivity index (χ4v) is 1.90. The largest absolute Gasteiger partial charge is 0.385 e. The maximum atomic E-state index is 5.22. The third kappa shape index (κ3) is 11.9. The fraction of sp³-hybridized carbons (Fsp3) is 0.923. The van der Waals surface area contributed by atoms with Crippen LogP contribution in [0.2, 0.25) is 0 Å². The predicted molar refractivity (Wildman–Crippen MR) is 78.4 cm³/mol. The van der Waals surface area contributed by atoms with Crippen LogP contribution in [0.4, 0.5) is 0 Å². The molecule has 0 radical (unpaired) electrons. The third-order valence-corrected chi connectivity index (χ3v) is 2.87. The highest BCUT2D eigenvalue weighted by atomic mass is 32.1. The summed E-state index contributed by atoms with van der Waals surface area (Å²) in [7, 11) is 1.72. The van der Waals surface area contributed by atoms with Crippen molar-refractivity contribution in [1.82, 2.24) is 10.6 Å². The van der Waals surface area contributed by atoms with Crippen LogP contribution in [0.5, 0.6) is 0 Å². The minimum Gasteiger partial charge on any atom is -0.385 e. The highest BCUT2D eigenvalue weighted by molar-refractivity contribution is 7.80. The molecule has 0 amide bonds. The van der Waals surface area contributed by atoms with Crippen LogP contribution in [0.25, 0.3) is 0 Å². The number of hydrogen-bond acceptors (Lipinski definition) is 2. The van der Waals surface area contributed by atoms with E-state index in [0.717, 1.165) is 30.6 Å². The second kappa shape index (κ2) is 10.8. The van der Waals surface area contributed by atoms with E-state index in [1.807, 2.05) is 0 Å². The zero-order chi connectivity index (χ0) is 13.1. The molecular weight excluding hydrogens is 232 g/mol. The van der Waals surface area contributed by atoms with Crippen molar-refractivity contribution in [3.8, 4) is 0 Å². The van der Waals surface area contributed by atoms with E-state index in [1.54, 1.807) is 7.11 Å². The number of ether oxygens (including phenoxy) is 1.